The summed E-state index contributed by atoms with van der Waals surface area (Å²) in [6.07, 6.45) is 2.11. The molecule has 4 aromatic heterocycles. The molecule has 0 saturated carbocycles. The van der Waals surface area contributed by atoms with Crippen molar-refractivity contribution < 1.29 is 18.3 Å². The van der Waals surface area contributed by atoms with E-state index < -0.39 is 23.7 Å². The van der Waals surface area contributed by atoms with Gasteiger partial charge in [-0.2, -0.15) is 28.5 Å². The van der Waals surface area contributed by atoms with E-state index in [4.69, 9.17) is 11.6 Å². The number of hydrogen-bond acceptors (Lipinski definition) is 8. The van der Waals surface area contributed by atoms with Crippen molar-refractivity contribution in [3.8, 4) is 11.6 Å². The van der Waals surface area contributed by atoms with E-state index in [1.54, 1.807) is 0 Å². The molecule has 0 bridgehead atoms. The standard InChI is InChI=1S/C16H11ClF3N9O/c17-11-5-9(6-23-14(11)29-24-3-4-25-29)27-15(30)10-7-26-28(13(10)16(18,19)20)12-8-21-1-2-22-12/h1-8,15,27,30H. The molecule has 0 fully saturated rings. The predicted molar refractivity (Wildman–Crippen MR) is 96.9 cm³/mol. The minimum absolute atomic E-state index is 0.120. The van der Waals surface area contributed by atoms with Crippen LogP contribution in [-0.2, 0) is 6.18 Å². The summed E-state index contributed by atoms with van der Waals surface area (Å²) in [5, 5.41) is 24.6. The second kappa shape index (κ2) is 7.68. The first-order valence-electron chi connectivity index (χ1n) is 8.23. The van der Waals surface area contributed by atoms with E-state index in [2.05, 4.69) is 35.6 Å². The average molecular weight is 438 g/mol. The molecule has 0 amide bonds. The molecule has 1 atom stereocenters. The number of pyridine rings is 1. The van der Waals surface area contributed by atoms with E-state index in [-0.39, 0.29) is 22.3 Å². The lowest BCUT2D eigenvalue weighted by Crippen LogP contribution is -2.20. The number of anilines is 1. The zero-order valence-corrected chi connectivity index (χ0v) is 15.5. The van der Waals surface area contributed by atoms with Crippen LogP contribution >= 0.6 is 11.6 Å². The van der Waals surface area contributed by atoms with Gasteiger partial charge in [-0.1, -0.05) is 11.6 Å². The highest BCUT2D eigenvalue weighted by atomic mass is 35.5. The highest BCUT2D eigenvalue weighted by Gasteiger charge is 2.40. The second-order valence-corrected chi connectivity index (χ2v) is 6.22. The van der Waals surface area contributed by atoms with Gasteiger partial charge < -0.3 is 10.4 Å². The Kier molecular flexibility index (Phi) is 5.05. The molecule has 0 aromatic carbocycles. The van der Waals surface area contributed by atoms with E-state index in [0.717, 1.165) is 12.4 Å². The summed E-state index contributed by atoms with van der Waals surface area (Å²) in [6.45, 7) is 0. The van der Waals surface area contributed by atoms with Gasteiger partial charge in [0.25, 0.3) is 0 Å². The number of halogens is 4. The minimum atomic E-state index is -4.82. The number of aromatic nitrogens is 8. The van der Waals surface area contributed by atoms with Gasteiger partial charge in [0.15, 0.2) is 23.6 Å². The van der Waals surface area contributed by atoms with E-state index >= 15 is 0 Å². The van der Waals surface area contributed by atoms with Crippen LogP contribution in [0.25, 0.3) is 11.6 Å². The molecule has 4 rings (SSSR count). The molecule has 30 heavy (non-hydrogen) atoms. The van der Waals surface area contributed by atoms with Crippen LogP contribution in [0.5, 0.6) is 0 Å². The van der Waals surface area contributed by atoms with E-state index in [1.165, 1.54) is 41.8 Å². The van der Waals surface area contributed by atoms with Crippen LogP contribution in [0.1, 0.15) is 17.5 Å². The lowest BCUT2D eigenvalue weighted by molar-refractivity contribution is -0.144. The number of alkyl halides is 3. The summed E-state index contributed by atoms with van der Waals surface area (Å²) >= 11 is 6.14. The molecular weight excluding hydrogens is 427 g/mol. The highest BCUT2D eigenvalue weighted by molar-refractivity contribution is 6.32. The number of rotatable bonds is 5. The predicted octanol–water partition coefficient (Wildman–Crippen LogP) is 2.41. The molecule has 0 aliphatic rings. The lowest BCUT2D eigenvalue weighted by atomic mass is 10.2. The van der Waals surface area contributed by atoms with E-state index in [1.807, 2.05) is 0 Å². The van der Waals surface area contributed by atoms with Crippen molar-refractivity contribution >= 4 is 17.3 Å². The van der Waals surface area contributed by atoms with Crippen LogP contribution in [0.4, 0.5) is 18.9 Å². The van der Waals surface area contributed by atoms with Crippen LogP contribution in [0.2, 0.25) is 5.02 Å². The molecule has 0 spiro atoms. The molecule has 154 valence electrons. The maximum absolute atomic E-state index is 13.7. The third-order valence-corrected chi connectivity index (χ3v) is 4.14. The van der Waals surface area contributed by atoms with Gasteiger partial charge >= 0.3 is 6.18 Å². The minimum Gasteiger partial charge on any atom is -0.369 e. The highest BCUT2D eigenvalue weighted by Crippen LogP contribution is 2.36. The first-order chi connectivity index (χ1) is 14.3. The smallest absolute Gasteiger partial charge is 0.369 e. The number of nitrogens with zero attached hydrogens (tertiary/aromatic N) is 8. The SMILES string of the molecule is OC(Nc1cnc(-n2nccn2)c(Cl)c1)c1cnn(-c2cnccn2)c1C(F)(F)F. The molecule has 0 saturated heterocycles. The number of aliphatic hydroxyl groups is 1. The molecule has 1 unspecified atom stereocenters. The molecule has 0 aliphatic heterocycles. The van der Waals surface area contributed by atoms with Crippen molar-refractivity contribution in [2.45, 2.75) is 12.4 Å². The fourth-order valence-corrected chi connectivity index (χ4v) is 2.88. The second-order valence-electron chi connectivity index (χ2n) is 5.82. The quantitative estimate of drug-likeness (QED) is 0.457. The summed E-state index contributed by atoms with van der Waals surface area (Å²) in [5.74, 6) is 0.0669. The van der Waals surface area contributed by atoms with Gasteiger partial charge in [-0.3, -0.25) is 4.98 Å². The molecule has 4 heterocycles. The van der Waals surface area contributed by atoms with E-state index in [0.29, 0.717) is 4.68 Å². The third kappa shape index (κ3) is 3.79. The van der Waals surface area contributed by atoms with Gasteiger partial charge in [-0.05, 0) is 6.07 Å². The molecule has 2 N–H and O–H groups in total. The molecule has 10 nitrogen and oxygen atoms in total. The Labute approximate surface area is 171 Å². The summed E-state index contributed by atoms with van der Waals surface area (Å²) < 4.78 is 41.7. The molecule has 0 radical (unpaired) electrons. The Morgan fingerprint density at radius 1 is 1.00 bits per heavy atom. The van der Waals surface area contributed by atoms with Crippen molar-refractivity contribution in [3.05, 3.63) is 65.7 Å². The van der Waals surface area contributed by atoms with Gasteiger partial charge in [0, 0.05) is 12.4 Å². The summed E-state index contributed by atoms with van der Waals surface area (Å²) in [6, 6.07) is 1.37. The first-order valence-corrected chi connectivity index (χ1v) is 8.60. The van der Waals surface area contributed by atoms with Crippen LogP contribution in [-0.4, -0.2) is 44.8 Å². The van der Waals surface area contributed by atoms with Gasteiger partial charge in [-0.15, -0.1) is 4.80 Å². The molecular formula is C16H11ClF3N9O. The zero-order chi connectivity index (χ0) is 21.3. The van der Waals surface area contributed by atoms with Crippen molar-refractivity contribution in [1.82, 2.24) is 39.7 Å². The van der Waals surface area contributed by atoms with Crippen molar-refractivity contribution in [1.29, 1.82) is 0 Å². The monoisotopic (exact) mass is 437 g/mol. The summed E-state index contributed by atoms with van der Waals surface area (Å²) in [5.41, 5.74) is -1.54. The van der Waals surface area contributed by atoms with Gasteiger partial charge in [-0.25, -0.2) is 14.6 Å². The van der Waals surface area contributed by atoms with Gasteiger partial charge in [0.05, 0.1) is 47.3 Å². The van der Waals surface area contributed by atoms with Gasteiger partial charge in [0.1, 0.15) is 0 Å². The Bertz CT molecular complexity index is 1150. The van der Waals surface area contributed by atoms with Crippen molar-refractivity contribution in [3.63, 3.8) is 0 Å². The van der Waals surface area contributed by atoms with Crippen LogP contribution < -0.4 is 5.32 Å². The number of nitrogens with one attached hydrogen (secondary N) is 1. The Hall–Kier alpha value is -3.58. The Balaban J connectivity index is 1.65. The zero-order valence-electron chi connectivity index (χ0n) is 14.7. The maximum atomic E-state index is 13.7. The Morgan fingerprint density at radius 2 is 1.77 bits per heavy atom. The summed E-state index contributed by atoms with van der Waals surface area (Å²) in [4.78, 5) is 12.8. The lowest BCUT2D eigenvalue weighted by Gasteiger charge is -2.17. The largest absolute Gasteiger partial charge is 0.433 e. The molecule has 14 heteroatoms. The van der Waals surface area contributed by atoms with Gasteiger partial charge in [0.2, 0.25) is 0 Å². The van der Waals surface area contributed by atoms with Crippen molar-refractivity contribution in [2.75, 3.05) is 5.32 Å². The fourth-order valence-electron chi connectivity index (χ4n) is 2.64. The Morgan fingerprint density at radius 3 is 2.40 bits per heavy atom. The molecule has 4 aromatic rings. The maximum Gasteiger partial charge on any atom is 0.433 e. The first kappa shape index (κ1) is 19.7. The number of aliphatic hydroxyl groups excluding tert-OH is 1. The van der Waals surface area contributed by atoms with Crippen LogP contribution in [0.3, 0.4) is 0 Å². The van der Waals surface area contributed by atoms with E-state index in [9.17, 15) is 18.3 Å². The normalized spacial score (nSPS) is 12.7. The van der Waals surface area contributed by atoms with Crippen LogP contribution in [0.15, 0.2) is 49.4 Å². The van der Waals surface area contributed by atoms with Crippen molar-refractivity contribution in [2.24, 2.45) is 0 Å². The van der Waals surface area contributed by atoms with Crippen LogP contribution in [0, 0.1) is 0 Å². The third-order valence-electron chi connectivity index (χ3n) is 3.86. The summed E-state index contributed by atoms with van der Waals surface area (Å²) in [7, 11) is 0. The molecule has 0 aliphatic carbocycles. The number of hydrogen-bond donors (Lipinski definition) is 2. The fraction of sp³-hybridized carbons (Fsp3) is 0.125. The topological polar surface area (TPSA) is 119 Å². The average Bonchev–Trinajstić information content (AvgIpc) is 3.38.